The third-order valence-corrected chi connectivity index (χ3v) is 1.97. The highest BCUT2D eigenvalue weighted by molar-refractivity contribution is 9.10. The molecule has 0 aliphatic heterocycles. The smallest absolute Gasteiger partial charge is 0.0924 e. The molecule has 0 spiro atoms. The maximum atomic E-state index is 4.20. The molecule has 0 saturated heterocycles. The van der Waals surface area contributed by atoms with Crippen molar-refractivity contribution in [2.45, 2.75) is 0 Å². The van der Waals surface area contributed by atoms with E-state index in [1.165, 1.54) is 0 Å². The van der Waals surface area contributed by atoms with Crippen LogP contribution in [0.4, 0.5) is 0 Å². The summed E-state index contributed by atoms with van der Waals surface area (Å²) in [7, 11) is 0. The van der Waals surface area contributed by atoms with Crippen LogP contribution in [0.25, 0.3) is 11.4 Å². The van der Waals surface area contributed by atoms with Gasteiger partial charge in [0.15, 0.2) is 0 Å². The van der Waals surface area contributed by atoms with Crippen LogP contribution < -0.4 is 0 Å². The number of halogens is 1. The Morgan fingerprint density at radius 1 is 1.25 bits per heavy atom. The van der Waals surface area contributed by atoms with Crippen LogP contribution in [0.5, 0.6) is 0 Å². The van der Waals surface area contributed by atoms with Gasteiger partial charge in [-0.05, 0) is 28.1 Å². The molecule has 0 aliphatic carbocycles. The minimum Gasteiger partial charge on any atom is -0.343 e. The van der Waals surface area contributed by atoms with Crippen molar-refractivity contribution < 1.29 is 0 Å². The van der Waals surface area contributed by atoms with E-state index in [9.17, 15) is 0 Å². The molecular weight excluding hydrogens is 218 g/mol. The molecule has 0 amide bonds. The normalized spacial score (nSPS) is 10.1. The fourth-order valence-electron chi connectivity index (χ4n) is 0.931. The Morgan fingerprint density at radius 2 is 2.17 bits per heavy atom. The summed E-state index contributed by atoms with van der Waals surface area (Å²) < 4.78 is 0.978. The van der Waals surface area contributed by atoms with Crippen molar-refractivity contribution in [1.29, 1.82) is 0 Å². The zero-order chi connectivity index (χ0) is 8.39. The van der Waals surface area contributed by atoms with E-state index in [-0.39, 0.29) is 0 Å². The number of nitrogens with zero attached hydrogens (tertiary/aromatic N) is 2. The van der Waals surface area contributed by atoms with Crippen LogP contribution in [0.2, 0.25) is 0 Å². The number of aromatic nitrogens is 3. The van der Waals surface area contributed by atoms with Gasteiger partial charge >= 0.3 is 0 Å². The minimum atomic E-state index is 0.899. The molecule has 60 valence electrons. The first-order chi connectivity index (χ1) is 5.86. The third kappa shape index (κ3) is 1.38. The van der Waals surface area contributed by atoms with Crippen molar-refractivity contribution in [3.63, 3.8) is 0 Å². The lowest BCUT2D eigenvalue weighted by Gasteiger charge is -1.94. The predicted octanol–water partition coefficient (Wildman–Crippen LogP) is 2.23. The molecule has 2 aromatic rings. The maximum absolute atomic E-state index is 4.20. The summed E-state index contributed by atoms with van der Waals surface area (Å²) in [6, 6.07) is 3.88. The van der Waals surface area contributed by atoms with Crippen LogP contribution in [0.3, 0.4) is 0 Å². The van der Waals surface area contributed by atoms with Gasteiger partial charge in [0.2, 0.25) is 0 Å². The Morgan fingerprint density at radius 3 is 2.75 bits per heavy atom. The lowest BCUT2D eigenvalue weighted by atomic mass is 10.3. The summed E-state index contributed by atoms with van der Waals surface area (Å²) >= 11 is 3.32. The van der Waals surface area contributed by atoms with Gasteiger partial charge < -0.3 is 4.98 Å². The van der Waals surface area contributed by atoms with Gasteiger partial charge in [-0.25, -0.2) is 4.98 Å². The molecule has 4 heteroatoms. The quantitative estimate of drug-likeness (QED) is 0.806. The molecule has 12 heavy (non-hydrogen) atoms. The molecule has 0 saturated carbocycles. The van der Waals surface area contributed by atoms with Gasteiger partial charge in [0, 0.05) is 10.7 Å². The van der Waals surface area contributed by atoms with Gasteiger partial charge in [-0.1, -0.05) is 0 Å². The summed E-state index contributed by atoms with van der Waals surface area (Å²) in [5.41, 5.74) is 1.83. The van der Waals surface area contributed by atoms with Crippen molar-refractivity contribution in [1.82, 2.24) is 15.0 Å². The summed E-state index contributed by atoms with van der Waals surface area (Å²) in [6.45, 7) is 0. The first-order valence-corrected chi connectivity index (χ1v) is 4.26. The van der Waals surface area contributed by atoms with Crippen LogP contribution in [0.1, 0.15) is 0 Å². The average molecular weight is 224 g/mol. The van der Waals surface area contributed by atoms with Crippen LogP contribution in [-0.4, -0.2) is 15.0 Å². The SMILES string of the molecule is Brc1ccc(-c2cnc[nH]2)nc1. The van der Waals surface area contributed by atoms with Crippen LogP contribution in [-0.2, 0) is 0 Å². The number of pyridine rings is 1. The number of H-pyrrole nitrogens is 1. The van der Waals surface area contributed by atoms with Crippen molar-refractivity contribution in [2.24, 2.45) is 0 Å². The highest BCUT2D eigenvalue weighted by Crippen LogP contribution is 2.15. The first kappa shape index (κ1) is 7.49. The fraction of sp³-hybridized carbons (Fsp3) is 0. The molecule has 0 aliphatic rings. The lowest BCUT2D eigenvalue weighted by Crippen LogP contribution is -1.81. The van der Waals surface area contributed by atoms with E-state index in [4.69, 9.17) is 0 Å². The van der Waals surface area contributed by atoms with E-state index in [0.29, 0.717) is 0 Å². The Labute approximate surface area is 78.0 Å². The molecule has 0 radical (unpaired) electrons. The summed E-state index contributed by atoms with van der Waals surface area (Å²) in [4.78, 5) is 11.1. The van der Waals surface area contributed by atoms with E-state index >= 15 is 0 Å². The monoisotopic (exact) mass is 223 g/mol. The van der Waals surface area contributed by atoms with Crippen LogP contribution in [0.15, 0.2) is 35.3 Å². The molecule has 0 unspecified atom stereocenters. The summed E-state index contributed by atoms with van der Waals surface area (Å²) in [5, 5.41) is 0. The van der Waals surface area contributed by atoms with Crippen LogP contribution in [0, 0.1) is 0 Å². The van der Waals surface area contributed by atoms with E-state index in [1.54, 1.807) is 18.7 Å². The van der Waals surface area contributed by atoms with Crippen molar-refractivity contribution in [2.75, 3.05) is 0 Å². The molecule has 2 heterocycles. The second-order valence-corrected chi connectivity index (χ2v) is 3.24. The largest absolute Gasteiger partial charge is 0.343 e. The Kier molecular flexibility index (Phi) is 1.91. The zero-order valence-electron chi connectivity index (χ0n) is 6.16. The van der Waals surface area contributed by atoms with Gasteiger partial charge in [0.1, 0.15) is 0 Å². The second kappa shape index (κ2) is 3.06. The summed E-state index contributed by atoms with van der Waals surface area (Å²) in [5.74, 6) is 0. The number of hydrogen-bond acceptors (Lipinski definition) is 2. The van der Waals surface area contributed by atoms with E-state index in [2.05, 4.69) is 30.9 Å². The lowest BCUT2D eigenvalue weighted by molar-refractivity contribution is 1.26. The molecule has 0 bridgehead atoms. The topological polar surface area (TPSA) is 41.6 Å². The van der Waals surface area contributed by atoms with Crippen LogP contribution >= 0.6 is 15.9 Å². The number of hydrogen-bond donors (Lipinski definition) is 1. The number of nitrogens with one attached hydrogen (secondary N) is 1. The fourth-order valence-corrected chi connectivity index (χ4v) is 1.17. The zero-order valence-corrected chi connectivity index (χ0v) is 7.75. The maximum Gasteiger partial charge on any atom is 0.0924 e. The van der Waals surface area contributed by atoms with Gasteiger partial charge in [-0.2, -0.15) is 0 Å². The predicted molar refractivity (Wildman–Crippen MR) is 49.5 cm³/mol. The molecule has 1 N–H and O–H groups in total. The summed E-state index contributed by atoms with van der Waals surface area (Å²) in [6.07, 6.45) is 5.14. The molecule has 0 fully saturated rings. The third-order valence-electron chi connectivity index (χ3n) is 1.50. The average Bonchev–Trinajstić information content (AvgIpc) is 2.58. The van der Waals surface area contributed by atoms with Crippen molar-refractivity contribution >= 4 is 15.9 Å². The first-order valence-electron chi connectivity index (χ1n) is 3.46. The molecule has 3 nitrogen and oxygen atoms in total. The Balaban J connectivity index is 2.43. The number of rotatable bonds is 1. The van der Waals surface area contributed by atoms with Crippen molar-refractivity contribution in [3.8, 4) is 11.4 Å². The number of imidazole rings is 1. The van der Waals surface area contributed by atoms with Gasteiger partial charge in [-0.3, -0.25) is 4.98 Å². The highest BCUT2D eigenvalue weighted by Gasteiger charge is 1.98. The van der Waals surface area contributed by atoms with E-state index in [1.807, 2.05) is 12.1 Å². The van der Waals surface area contributed by atoms with Crippen molar-refractivity contribution in [3.05, 3.63) is 35.3 Å². The van der Waals surface area contributed by atoms with Gasteiger partial charge in [0.25, 0.3) is 0 Å². The van der Waals surface area contributed by atoms with Gasteiger partial charge in [0.05, 0.1) is 23.9 Å². The van der Waals surface area contributed by atoms with E-state index in [0.717, 1.165) is 15.9 Å². The minimum absolute atomic E-state index is 0.899. The van der Waals surface area contributed by atoms with E-state index < -0.39 is 0 Å². The molecule has 0 atom stereocenters. The Bertz CT molecular complexity index is 352. The number of aromatic amines is 1. The molecular formula is C8H6BrN3. The molecule has 0 aromatic carbocycles. The highest BCUT2D eigenvalue weighted by atomic mass is 79.9. The molecule has 2 aromatic heterocycles. The van der Waals surface area contributed by atoms with Gasteiger partial charge in [-0.15, -0.1) is 0 Å². The standard InChI is InChI=1S/C8H6BrN3/c9-6-1-2-7(11-3-6)8-4-10-5-12-8/h1-5H,(H,10,12). The molecule has 2 rings (SSSR count). The Hall–Kier alpha value is -1.16. The second-order valence-electron chi connectivity index (χ2n) is 2.33.